The van der Waals surface area contributed by atoms with Gasteiger partial charge in [-0.05, 0) is 30.3 Å². The molecule has 1 aromatic rings. The highest BCUT2D eigenvalue weighted by Crippen LogP contribution is 2.04. The Kier molecular flexibility index (Phi) is 4.77. The molecule has 0 aromatic heterocycles. The normalized spacial score (nSPS) is 10.6. The molecule has 15 heavy (non-hydrogen) atoms. The minimum atomic E-state index is 0.414. The van der Waals surface area contributed by atoms with Crippen LogP contribution < -0.4 is 10.7 Å². The lowest BCUT2D eigenvalue weighted by Crippen LogP contribution is -2.24. The van der Waals surface area contributed by atoms with Crippen LogP contribution in [0.5, 0.6) is 0 Å². The molecule has 0 atom stereocenters. The Hall–Kier alpha value is -1.42. The van der Waals surface area contributed by atoms with Crippen molar-refractivity contribution in [1.29, 1.82) is 0 Å². The molecular formula is C11H15N3S. The first kappa shape index (κ1) is 11.7. The molecule has 1 aromatic carbocycles. The van der Waals surface area contributed by atoms with Gasteiger partial charge >= 0.3 is 0 Å². The van der Waals surface area contributed by atoms with Crippen LogP contribution in [0, 0.1) is 5.92 Å². The summed E-state index contributed by atoms with van der Waals surface area (Å²) in [6.07, 6.45) is 1.80. The second-order valence-corrected chi connectivity index (χ2v) is 3.86. The number of hydrogen-bond donors (Lipinski definition) is 2. The highest BCUT2D eigenvalue weighted by atomic mass is 32.1. The number of benzene rings is 1. The lowest BCUT2D eigenvalue weighted by Gasteiger charge is -2.06. The molecule has 0 spiro atoms. The van der Waals surface area contributed by atoms with Gasteiger partial charge in [-0.25, -0.2) is 0 Å². The molecule has 3 nitrogen and oxygen atoms in total. The first-order chi connectivity index (χ1) is 7.18. The van der Waals surface area contributed by atoms with Gasteiger partial charge in [0.25, 0.3) is 0 Å². The zero-order valence-electron chi connectivity index (χ0n) is 8.90. The van der Waals surface area contributed by atoms with Crippen molar-refractivity contribution in [2.75, 3.05) is 5.32 Å². The van der Waals surface area contributed by atoms with E-state index in [9.17, 15) is 0 Å². The van der Waals surface area contributed by atoms with Gasteiger partial charge in [-0.3, -0.25) is 5.43 Å². The summed E-state index contributed by atoms with van der Waals surface area (Å²) in [7, 11) is 0. The van der Waals surface area contributed by atoms with Gasteiger partial charge in [0.2, 0.25) is 0 Å². The fourth-order valence-electron chi connectivity index (χ4n) is 0.925. The SMILES string of the molecule is CC(C)/C=N/NC(=S)Nc1ccccc1. The maximum atomic E-state index is 5.05. The Morgan fingerprint density at radius 3 is 2.60 bits per heavy atom. The van der Waals surface area contributed by atoms with Crippen LogP contribution in [-0.2, 0) is 0 Å². The van der Waals surface area contributed by atoms with E-state index >= 15 is 0 Å². The van der Waals surface area contributed by atoms with Gasteiger partial charge in [-0.2, -0.15) is 5.10 Å². The smallest absolute Gasteiger partial charge is 0.191 e. The molecular weight excluding hydrogens is 206 g/mol. The zero-order chi connectivity index (χ0) is 11.1. The van der Waals surface area contributed by atoms with Gasteiger partial charge in [-0.15, -0.1) is 0 Å². The van der Waals surface area contributed by atoms with Crippen LogP contribution in [0.2, 0.25) is 0 Å². The molecule has 0 amide bonds. The predicted molar refractivity (Wildman–Crippen MR) is 69.1 cm³/mol. The number of hydrazone groups is 1. The second kappa shape index (κ2) is 6.14. The van der Waals surface area contributed by atoms with E-state index < -0.39 is 0 Å². The Bertz CT molecular complexity index is 333. The summed E-state index contributed by atoms with van der Waals surface area (Å²) in [6, 6.07) is 9.74. The first-order valence-electron chi connectivity index (χ1n) is 4.83. The number of para-hydroxylation sites is 1. The standard InChI is InChI=1S/C11H15N3S/c1-9(2)8-12-14-11(15)13-10-6-4-3-5-7-10/h3-9H,1-2H3,(H2,13,14,15)/b12-8+. The zero-order valence-corrected chi connectivity index (χ0v) is 9.71. The lowest BCUT2D eigenvalue weighted by atomic mass is 10.3. The Morgan fingerprint density at radius 1 is 1.33 bits per heavy atom. The van der Waals surface area contributed by atoms with E-state index in [4.69, 9.17) is 12.2 Å². The highest BCUT2D eigenvalue weighted by molar-refractivity contribution is 7.80. The van der Waals surface area contributed by atoms with E-state index in [1.165, 1.54) is 0 Å². The van der Waals surface area contributed by atoms with Crippen molar-refractivity contribution in [2.24, 2.45) is 11.0 Å². The van der Waals surface area contributed by atoms with Gasteiger partial charge in [0, 0.05) is 11.9 Å². The molecule has 0 fully saturated rings. The summed E-state index contributed by atoms with van der Waals surface area (Å²) in [5, 5.41) is 7.51. The van der Waals surface area contributed by atoms with Crippen LogP contribution in [0.25, 0.3) is 0 Å². The summed E-state index contributed by atoms with van der Waals surface area (Å²) in [5.74, 6) is 0.414. The van der Waals surface area contributed by atoms with E-state index in [2.05, 4.69) is 29.7 Å². The molecule has 0 aliphatic heterocycles. The third kappa shape index (κ3) is 5.12. The maximum Gasteiger partial charge on any atom is 0.191 e. The fourth-order valence-corrected chi connectivity index (χ4v) is 1.10. The number of thiocarbonyl (C=S) groups is 1. The van der Waals surface area contributed by atoms with Crippen LogP contribution in [-0.4, -0.2) is 11.3 Å². The summed E-state index contributed by atoms with van der Waals surface area (Å²) in [5.41, 5.74) is 3.71. The number of nitrogens with zero attached hydrogens (tertiary/aromatic N) is 1. The van der Waals surface area contributed by atoms with E-state index in [1.54, 1.807) is 6.21 Å². The lowest BCUT2D eigenvalue weighted by molar-refractivity contribution is 0.886. The van der Waals surface area contributed by atoms with Gasteiger partial charge in [0.1, 0.15) is 0 Å². The maximum absolute atomic E-state index is 5.05. The van der Waals surface area contributed by atoms with Crippen molar-refractivity contribution in [3.8, 4) is 0 Å². The Morgan fingerprint density at radius 2 is 2.00 bits per heavy atom. The molecule has 80 valence electrons. The minimum Gasteiger partial charge on any atom is -0.331 e. The second-order valence-electron chi connectivity index (χ2n) is 3.45. The average molecular weight is 221 g/mol. The summed E-state index contributed by atoms with van der Waals surface area (Å²) in [4.78, 5) is 0. The summed E-state index contributed by atoms with van der Waals surface area (Å²) >= 11 is 5.05. The molecule has 0 aliphatic carbocycles. The fraction of sp³-hybridized carbons (Fsp3) is 0.273. The summed E-state index contributed by atoms with van der Waals surface area (Å²) < 4.78 is 0. The Balaban J connectivity index is 2.37. The third-order valence-corrected chi connectivity index (χ3v) is 1.76. The monoisotopic (exact) mass is 221 g/mol. The molecule has 1 rings (SSSR count). The average Bonchev–Trinajstić information content (AvgIpc) is 2.18. The molecule has 0 unspecified atom stereocenters. The molecule has 0 saturated carbocycles. The highest BCUT2D eigenvalue weighted by Gasteiger charge is 1.93. The van der Waals surface area contributed by atoms with Gasteiger partial charge < -0.3 is 5.32 Å². The quantitative estimate of drug-likeness (QED) is 0.468. The van der Waals surface area contributed by atoms with Crippen LogP contribution in [0.15, 0.2) is 35.4 Å². The molecule has 4 heteroatoms. The largest absolute Gasteiger partial charge is 0.331 e. The van der Waals surface area contributed by atoms with E-state index in [-0.39, 0.29) is 0 Å². The van der Waals surface area contributed by atoms with Crippen molar-refractivity contribution in [3.63, 3.8) is 0 Å². The minimum absolute atomic E-state index is 0.414. The van der Waals surface area contributed by atoms with E-state index in [1.807, 2.05) is 30.3 Å². The molecule has 0 radical (unpaired) electrons. The van der Waals surface area contributed by atoms with Crippen LogP contribution >= 0.6 is 12.2 Å². The third-order valence-electron chi connectivity index (χ3n) is 1.57. The van der Waals surface area contributed by atoms with Gasteiger partial charge in [-0.1, -0.05) is 32.0 Å². The summed E-state index contributed by atoms with van der Waals surface area (Å²) in [6.45, 7) is 4.11. The van der Waals surface area contributed by atoms with Crippen molar-refractivity contribution in [3.05, 3.63) is 30.3 Å². The number of nitrogens with one attached hydrogen (secondary N) is 2. The van der Waals surface area contributed by atoms with Crippen molar-refractivity contribution in [2.45, 2.75) is 13.8 Å². The molecule has 0 heterocycles. The number of rotatable bonds is 3. The van der Waals surface area contributed by atoms with Gasteiger partial charge in [0.05, 0.1) is 0 Å². The van der Waals surface area contributed by atoms with Crippen LogP contribution in [0.1, 0.15) is 13.8 Å². The predicted octanol–water partition coefficient (Wildman–Crippen LogP) is 2.61. The molecule has 0 aliphatic rings. The topological polar surface area (TPSA) is 36.4 Å². The van der Waals surface area contributed by atoms with Crippen LogP contribution in [0.4, 0.5) is 5.69 Å². The number of hydrogen-bond acceptors (Lipinski definition) is 2. The van der Waals surface area contributed by atoms with Gasteiger partial charge in [0.15, 0.2) is 5.11 Å². The van der Waals surface area contributed by atoms with E-state index in [0.717, 1.165) is 5.69 Å². The molecule has 0 saturated heterocycles. The van der Waals surface area contributed by atoms with Crippen molar-refractivity contribution >= 4 is 29.2 Å². The first-order valence-corrected chi connectivity index (χ1v) is 5.24. The van der Waals surface area contributed by atoms with E-state index in [0.29, 0.717) is 11.0 Å². The van der Waals surface area contributed by atoms with Crippen LogP contribution in [0.3, 0.4) is 0 Å². The molecule has 2 N–H and O–H groups in total. The van der Waals surface area contributed by atoms with Crippen molar-refractivity contribution < 1.29 is 0 Å². The number of anilines is 1. The molecule has 0 bridgehead atoms. The Labute approximate surface area is 95.6 Å². The van der Waals surface area contributed by atoms with Crippen molar-refractivity contribution in [1.82, 2.24) is 5.43 Å².